The van der Waals surface area contributed by atoms with Crippen molar-refractivity contribution in [2.24, 2.45) is 0 Å². The average Bonchev–Trinajstić information content (AvgIpc) is 1.76. The normalized spacial score (nSPS) is 17.9. The fourth-order valence-corrected chi connectivity index (χ4v) is 2.77. The second kappa shape index (κ2) is 4.65. The van der Waals surface area contributed by atoms with E-state index in [0.29, 0.717) is 0 Å². The second-order valence-electron chi connectivity index (χ2n) is 3.31. The van der Waals surface area contributed by atoms with Gasteiger partial charge in [0.15, 0.2) is 0 Å². The smallest absolute Gasteiger partial charge is 0.323 e. The van der Waals surface area contributed by atoms with E-state index in [1.54, 1.807) is 20.8 Å². The first kappa shape index (κ1) is 14.6. The molecule has 10 heteroatoms. The van der Waals surface area contributed by atoms with Gasteiger partial charge in [0.25, 0.3) is 0 Å². The van der Waals surface area contributed by atoms with E-state index in [4.69, 9.17) is 14.3 Å². The minimum Gasteiger partial charge on any atom is -0.323 e. The summed E-state index contributed by atoms with van der Waals surface area (Å²) in [6.07, 6.45) is 0. The molecule has 0 saturated carbocycles. The Kier molecular flexibility index (Phi) is 4.87. The van der Waals surface area contributed by atoms with Crippen LogP contribution in [0, 0.1) is 0 Å². The average molecular weight is 266 g/mol. The molecule has 0 saturated heterocycles. The molecular formula is C4H12O7P2S. The van der Waals surface area contributed by atoms with Crippen LogP contribution in [0.1, 0.15) is 20.8 Å². The highest BCUT2D eigenvalue weighted by molar-refractivity contribution is 8.07. The monoisotopic (exact) mass is 266 g/mol. The molecule has 0 aromatic heterocycles. The van der Waals surface area contributed by atoms with Crippen LogP contribution in [0.5, 0.6) is 0 Å². The maximum Gasteiger partial charge on any atom is 0.497 e. The van der Waals surface area contributed by atoms with Crippen molar-refractivity contribution in [3.63, 3.8) is 0 Å². The van der Waals surface area contributed by atoms with Gasteiger partial charge in [0.05, 0.1) is 5.60 Å². The lowest BCUT2D eigenvalue weighted by molar-refractivity contribution is -0.141. The van der Waals surface area contributed by atoms with E-state index in [9.17, 15) is 9.46 Å². The number of hydrogen-bond acceptors (Lipinski definition) is 5. The standard InChI is InChI=1S/C4H12O7P2S/c1-4(2,3)9-13(8,14)11-10-12(5,6)7/h1-3H3,(H,8,14)(H2,5,6,7). The van der Waals surface area contributed by atoms with E-state index in [1.807, 2.05) is 0 Å². The van der Waals surface area contributed by atoms with Crippen molar-refractivity contribution in [3.8, 4) is 0 Å². The van der Waals surface area contributed by atoms with Crippen LogP contribution in [0.2, 0.25) is 0 Å². The molecule has 0 rings (SSSR count). The van der Waals surface area contributed by atoms with Crippen molar-refractivity contribution >= 4 is 26.3 Å². The molecule has 0 amide bonds. The summed E-state index contributed by atoms with van der Waals surface area (Å²) < 4.78 is 22.6. The number of phosphoric acid groups is 1. The first-order valence-corrected chi connectivity index (χ1v) is 7.50. The van der Waals surface area contributed by atoms with Crippen LogP contribution in [-0.4, -0.2) is 20.3 Å². The topological polar surface area (TPSA) is 105 Å². The first-order valence-electron chi connectivity index (χ1n) is 3.38. The summed E-state index contributed by atoms with van der Waals surface area (Å²) in [4.78, 5) is 25.7. The molecule has 0 spiro atoms. The van der Waals surface area contributed by atoms with Crippen LogP contribution in [-0.2, 0) is 30.2 Å². The van der Waals surface area contributed by atoms with Gasteiger partial charge in [-0.05, 0) is 32.6 Å². The van der Waals surface area contributed by atoms with Gasteiger partial charge in [-0.1, -0.05) is 0 Å². The quantitative estimate of drug-likeness (QED) is 0.394. The van der Waals surface area contributed by atoms with Crippen LogP contribution in [0.25, 0.3) is 0 Å². The van der Waals surface area contributed by atoms with E-state index in [-0.39, 0.29) is 0 Å². The summed E-state index contributed by atoms with van der Waals surface area (Å²) in [6, 6.07) is 0. The molecule has 0 radical (unpaired) electrons. The summed E-state index contributed by atoms with van der Waals surface area (Å²) in [5, 5.41) is 0. The highest BCUT2D eigenvalue weighted by Crippen LogP contribution is 2.52. The fourth-order valence-electron chi connectivity index (χ4n) is 0.447. The third-order valence-electron chi connectivity index (χ3n) is 0.614. The lowest BCUT2D eigenvalue weighted by Gasteiger charge is -2.24. The second-order valence-corrected chi connectivity index (χ2v) is 7.10. The maximum absolute atomic E-state index is 10.2. The third-order valence-corrected chi connectivity index (χ3v) is 2.45. The lowest BCUT2D eigenvalue weighted by Crippen LogP contribution is -2.17. The Morgan fingerprint density at radius 1 is 1.14 bits per heavy atom. The molecule has 7 nitrogen and oxygen atoms in total. The molecule has 0 aromatic carbocycles. The van der Waals surface area contributed by atoms with Gasteiger partial charge in [0.1, 0.15) is 0 Å². The van der Waals surface area contributed by atoms with Gasteiger partial charge in [-0.15, -0.1) is 9.35 Å². The van der Waals surface area contributed by atoms with Crippen molar-refractivity contribution < 1.29 is 33.1 Å². The Morgan fingerprint density at radius 3 is 1.86 bits per heavy atom. The Hall–Kier alpha value is 0.640. The molecule has 0 heterocycles. The molecule has 14 heavy (non-hydrogen) atoms. The zero-order valence-electron chi connectivity index (χ0n) is 7.78. The summed E-state index contributed by atoms with van der Waals surface area (Å²) >= 11 is 4.41. The van der Waals surface area contributed by atoms with Gasteiger partial charge in [0.2, 0.25) is 0 Å². The molecular weight excluding hydrogens is 254 g/mol. The van der Waals surface area contributed by atoms with E-state index in [0.717, 1.165) is 0 Å². The molecule has 0 aromatic rings. The predicted octanol–water partition coefficient (Wildman–Crippen LogP) is 1.06. The highest BCUT2D eigenvalue weighted by atomic mass is 32.5. The third kappa shape index (κ3) is 9.21. The number of rotatable bonds is 4. The molecule has 0 aliphatic carbocycles. The van der Waals surface area contributed by atoms with Crippen LogP contribution in [0.15, 0.2) is 0 Å². The number of hydrogen-bond donors (Lipinski definition) is 3. The summed E-state index contributed by atoms with van der Waals surface area (Å²) in [5.74, 6) is 0. The minimum absolute atomic E-state index is 0.803. The Balaban J connectivity index is 4.24. The van der Waals surface area contributed by atoms with Gasteiger partial charge in [0, 0.05) is 0 Å². The molecule has 0 aliphatic heterocycles. The van der Waals surface area contributed by atoms with Gasteiger partial charge in [-0.3, -0.25) is 0 Å². The zero-order valence-corrected chi connectivity index (χ0v) is 10.4. The van der Waals surface area contributed by atoms with E-state index in [1.165, 1.54) is 0 Å². The Labute approximate surface area is 86.4 Å². The first-order chi connectivity index (χ1) is 5.91. The van der Waals surface area contributed by atoms with Crippen LogP contribution >= 0.6 is 14.5 Å². The van der Waals surface area contributed by atoms with Gasteiger partial charge in [-0.2, -0.15) is 0 Å². The fraction of sp³-hybridized carbons (Fsp3) is 1.00. The zero-order chi connectivity index (χ0) is 11.6. The summed E-state index contributed by atoms with van der Waals surface area (Å²) in [5.41, 5.74) is -0.803. The molecule has 0 fully saturated rings. The predicted molar refractivity (Wildman–Crippen MR) is 51.6 cm³/mol. The van der Waals surface area contributed by atoms with Gasteiger partial charge in [-0.25, -0.2) is 4.57 Å². The maximum atomic E-state index is 10.2. The molecule has 86 valence electrons. The van der Waals surface area contributed by atoms with E-state index in [2.05, 4.69) is 21.2 Å². The van der Waals surface area contributed by atoms with Crippen molar-refractivity contribution in [1.82, 2.24) is 0 Å². The highest BCUT2D eigenvalue weighted by Gasteiger charge is 2.29. The van der Waals surface area contributed by atoms with Crippen molar-refractivity contribution in [1.29, 1.82) is 0 Å². The van der Waals surface area contributed by atoms with Crippen molar-refractivity contribution in [2.45, 2.75) is 26.4 Å². The largest absolute Gasteiger partial charge is 0.497 e. The van der Waals surface area contributed by atoms with Gasteiger partial charge < -0.3 is 19.2 Å². The molecule has 1 unspecified atom stereocenters. The lowest BCUT2D eigenvalue weighted by atomic mass is 10.2. The SMILES string of the molecule is CC(C)(C)OP(O)(=S)OOP(=O)(O)O. The van der Waals surface area contributed by atoms with Crippen molar-refractivity contribution in [3.05, 3.63) is 0 Å². The Morgan fingerprint density at radius 2 is 1.57 bits per heavy atom. The van der Waals surface area contributed by atoms with Crippen LogP contribution < -0.4 is 0 Å². The van der Waals surface area contributed by atoms with Gasteiger partial charge >= 0.3 is 14.5 Å². The minimum atomic E-state index is -4.83. The van der Waals surface area contributed by atoms with E-state index >= 15 is 0 Å². The summed E-state index contributed by atoms with van der Waals surface area (Å²) in [7, 11) is -4.83. The molecule has 0 aliphatic rings. The molecule has 1 atom stereocenters. The summed E-state index contributed by atoms with van der Waals surface area (Å²) in [6.45, 7) is 0.974. The van der Waals surface area contributed by atoms with Crippen LogP contribution in [0.3, 0.4) is 0 Å². The Bertz CT molecular complexity index is 278. The van der Waals surface area contributed by atoms with E-state index < -0.39 is 20.1 Å². The van der Waals surface area contributed by atoms with Crippen LogP contribution in [0.4, 0.5) is 0 Å². The molecule has 3 N–H and O–H groups in total. The molecule has 0 bridgehead atoms. The van der Waals surface area contributed by atoms with Crippen molar-refractivity contribution in [2.75, 3.05) is 0 Å².